The van der Waals surface area contributed by atoms with E-state index in [-0.39, 0.29) is 0 Å². The molecule has 0 saturated heterocycles. The summed E-state index contributed by atoms with van der Waals surface area (Å²) in [5, 5.41) is 0. The number of hydrogen-bond acceptors (Lipinski definition) is 2. The molecule has 3 rings (SSSR count). The molecule has 2 nitrogen and oxygen atoms in total. The van der Waals surface area contributed by atoms with Crippen LogP contribution in [-0.2, 0) is 0 Å². The van der Waals surface area contributed by atoms with Crippen LogP contribution in [0.2, 0.25) is 0 Å². The van der Waals surface area contributed by atoms with Crippen LogP contribution in [0.25, 0.3) is 0 Å². The van der Waals surface area contributed by atoms with E-state index in [1.807, 2.05) is 54.6 Å². The monoisotopic (exact) mass is 279 g/mol. The third-order valence-corrected chi connectivity index (χ3v) is 3.95. The summed E-state index contributed by atoms with van der Waals surface area (Å²) in [5.74, 6) is 2.56. The van der Waals surface area contributed by atoms with Gasteiger partial charge in [-0.1, -0.05) is 25.1 Å². The molecule has 0 aliphatic heterocycles. The van der Waals surface area contributed by atoms with Gasteiger partial charge in [0.2, 0.25) is 0 Å². The zero-order chi connectivity index (χ0) is 14.5. The SMILES string of the molecule is CC1CCC(=Nc2ccc(Oc3ccccc3)cc2)CC1. The number of benzene rings is 2. The van der Waals surface area contributed by atoms with Gasteiger partial charge < -0.3 is 4.74 Å². The minimum atomic E-state index is 0.849. The van der Waals surface area contributed by atoms with Crippen LogP contribution in [0.1, 0.15) is 32.6 Å². The van der Waals surface area contributed by atoms with Gasteiger partial charge in [-0.05, 0) is 68.0 Å². The average molecular weight is 279 g/mol. The van der Waals surface area contributed by atoms with E-state index in [4.69, 9.17) is 9.73 Å². The highest BCUT2D eigenvalue weighted by molar-refractivity contribution is 5.87. The van der Waals surface area contributed by atoms with Crippen molar-refractivity contribution in [2.24, 2.45) is 10.9 Å². The van der Waals surface area contributed by atoms with Crippen molar-refractivity contribution >= 4 is 11.4 Å². The largest absolute Gasteiger partial charge is 0.457 e. The number of hydrogen-bond donors (Lipinski definition) is 0. The van der Waals surface area contributed by atoms with Crippen LogP contribution in [0.15, 0.2) is 59.6 Å². The second-order valence-electron chi connectivity index (χ2n) is 5.77. The third kappa shape index (κ3) is 3.94. The Morgan fingerprint density at radius 2 is 1.48 bits per heavy atom. The standard InChI is InChI=1S/C19H21NO/c1-15-7-9-16(10-8-15)20-17-11-13-19(14-12-17)21-18-5-3-2-4-6-18/h2-6,11-15H,7-10H2,1H3. The third-order valence-electron chi connectivity index (χ3n) is 3.95. The van der Waals surface area contributed by atoms with Gasteiger partial charge in [-0.25, -0.2) is 0 Å². The number of aliphatic imine (C=N–C) groups is 1. The van der Waals surface area contributed by atoms with Gasteiger partial charge in [-0.3, -0.25) is 4.99 Å². The Morgan fingerprint density at radius 1 is 0.857 bits per heavy atom. The van der Waals surface area contributed by atoms with E-state index in [1.165, 1.54) is 18.6 Å². The van der Waals surface area contributed by atoms with E-state index in [0.29, 0.717) is 0 Å². The summed E-state index contributed by atoms with van der Waals surface area (Å²) in [6, 6.07) is 17.9. The summed E-state index contributed by atoms with van der Waals surface area (Å²) in [5.41, 5.74) is 2.37. The molecule has 21 heavy (non-hydrogen) atoms. The summed E-state index contributed by atoms with van der Waals surface area (Å²) in [4.78, 5) is 4.76. The lowest BCUT2D eigenvalue weighted by Gasteiger charge is -2.19. The molecule has 108 valence electrons. The Morgan fingerprint density at radius 3 is 2.14 bits per heavy atom. The smallest absolute Gasteiger partial charge is 0.127 e. The lowest BCUT2D eigenvalue weighted by molar-refractivity contribution is 0.482. The van der Waals surface area contributed by atoms with Gasteiger partial charge in [-0.2, -0.15) is 0 Å². The Hall–Kier alpha value is -2.09. The summed E-state index contributed by atoms with van der Waals surface area (Å²) in [6.07, 6.45) is 4.83. The van der Waals surface area contributed by atoms with Gasteiger partial charge in [0, 0.05) is 5.71 Å². The van der Waals surface area contributed by atoms with E-state index >= 15 is 0 Å². The first-order chi connectivity index (χ1) is 10.3. The predicted molar refractivity (Wildman–Crippen MR) is 87.7 cm³/mol. The molecule has 0 bridgehead atoms. The molecule has 0 spiro atoms. The predicted octanol–water partition coefficient (Wildman–Crippen LogP) is 5.76. The maximum atomic E-state index is 5.79. The Balaban J connectivity index is 1.65. The van der Waals surface area contributed by atoms with Crippen LogP contribution in [-0.4, -0.2) is 5.71 Å². The van der Waals surface area contributed by atoms with Crippen molar-refractivity contribution in [3.8, 4) is 11.5 Å². The van der Waals surface area contributed by atoms with Crippen LogP contribution >= 0.6 is 0 Å². The van der Waals surface area contributed by atoms with E-state index < -0.39 is 0 Å². The van der Waals surface area contributed by atoms with Crippen LogP contribution < -0.4 is 4.74 Å². The Kier molecular flexibility index (Phi) is 4.34. The van der Waals surface area contributed by atoms with Gasteiger partial charge in [0.25, 0.3) is 0 Å². The Bertz CT molecular complexity index is 591. The number of para-hydroxylation sites is 1. The zero-order valence-corrected chi connectivity index (χ0v) is 12.5. The minimum Gasteiger partial charge on any atom is -0.457 e. The molecule has 0 atom stereocenters. The summed E-state index contributed by atoms with van der Waals surface area (Å²) < 4.78 is 5.79. The molecular weight excluding hydrogens is 258 g/mol. The molecule has 2 aromatic carbocycles. The molecule has 0 heterocycles. The summed E-state index contributed by atoms with van der Waals surface area (Å²) in [6.45, 7) is 2.33. The molecule has 2 aromatic rings. The molecule has 1 saturated carbocycles. The molecule has 2 heteroatoms. The zero-order valence-electron chi connectivity index (χ0n) is 12.5. The highest BCUT2D eigenvalue weighted by atomic mass is 16.5. The van der Waals surface area contributed by atoms with E-state index in [0.717, 1.165) is 35.9 Å². The van der Waals surface area contributed by atoms with Crippen molar-refractivity contribution in [2.45, 2.75) is 32.6 Å². The van der Waals surface area contributed by atoms with Crippen molar-refractivity contribution in [3.05, 3.63) is 54.6 Å². The first kappa shape index (κ1) is 13.9. The van der Waals surface area contributed by atoms with E-state index in [9.17, 15) is 0 Å². The second-order valence-corrected chi connectivity index (χ2v) is 5.77. The second kappa shape index (κ2) is 6.57. The van der Waals surface area contributed by atoms with Gasteiger partial charge in [-0.15, -0.1) is 0 Å². The van der Waals surface area contributed by atoms with Crippen molar-refractivity contribution in [1.29, 1.82) is 0 Å². The molecular formula is C19H21NO. The summed E-state index contributed by atoms with van der Waals surface area (Å²) >= 11 is 0. The molecule has 0 amide bonds. The first-order valence-electron chi connectivity index (χ1n) is 7.69. The molecule has 1 aliphatic rings. The van der Waals surface area contributed by atoms with Gasteiger partial charge in [0.05, 0.1) is 5.69 Å². The maximum Gasteiger partial charge on any atom is 0.127 e. The van der Waals surface area contributed by atoms with Gasteiger partial charge >= 0.3 is 0 Å². The van der Waals surface area contributed by atoms with Crippen molar-refractivity contribution in [2.75, 3.05) is 0 Å². The van der Waals surface area contributed by atoms with Crippen molar-refractivity contribution in [3.63, 3.8) is 0 Å². The molecule has 1 fully saturated rings. The lowest BCUT2D eigenvalue weighted by Crippen LogP contribution is -2.11. The fourth-order valence-electron chi connectivity index (χ4n) is 2.60. The van der Waals surface area contributed by atoms with Crippen LogP contribution in [0.5, 0.6) is 11.5 Å². The van der Waals surface area contributed by atoms with Crippen LogP contribution in [0, 0.1) is 5.92 Å². The minimum absolute atomic E-state index is 0.849. The quantitative estimate of drug-likeness (QED) is 0.699. The molecule has 0 radical (unpaired) electrons. The Labute approximate surface area is 126 Å². The van der Waals surface area contributed by atoms with E-state index in [1.54, 1.807) is 0 Å². The van der Waals surface area contributed by atoms with E-state index in [2.05, 4.69) is 6.92 Å². The normalized spacial score (nSPS) is 18.3. The fraction of sp³-hybridized carbons (Fsp3) is 0.316. The number of nitrogens with zero attached hydrogens (tertiary/aromatic N) is 1. The number of rotatable bonds is 3. The molecule has 1 aliphatic carbocycles. The molecule has 0 N–H and O–H groups in total. The molecule has 0 unspecified atom stereocenters. The van der Waals surface area contributed by atoms with Crippen LogP contribution in [0.3, 0.4) is 0 Å². The molecule has 0 aromatic heterocycles. The lowest BCUT2D eigenvalue weighted by atomic mass is 9.89. The number of ether oxygens (including phenoxy) is 1. The maximum absolute atomic E-state index is 5.79. The topological polar surface area (TPSA) is 21.6 Å². The average Bonchev–Trinajstić information content (AvgIpc) is 2.53. The van der Waals surface area contributed by atoms with Crippen molar-refractivity contribution < 1.29 is 4.74 Å². The fourth-order valence-corrected chi connectivity index (χ4v) is 2.60. The highest BCUT2D eigenvalue weighted by Gasteiger charge is 2.13. The van der Waals surface area contributed by atoms with Gasteiger partial charge in [0.1, 0.15) is 11.5 Å². The summed E-state index contributed by atoms with van der Waals surface area (Å²) in [7, 11) is 0. The van der Waals surface area contributed by atoms with Crippen molar-refractivity contribution in [1.82, 2.24) is 0 Å². The van der Waals surface area contributed by atoms with Crippen LogP contribution in [0.4, 0.5) is 5.69 Å². The van der Waals surface area contributed by atoms with Gasteiger partial charge in [0.15, 0.2) is 0 Å². The first-order valence-corrected chi connectivity index (χ1v) is 7.69. The highest BCUT2D eigenvalue weighted by Crippen LogP contribution is 2.26.